The maximum atomic E-state index is 3.50. The number of nitrogens with zero attached hydrogens (tertiary/aromatic N) is 1. The van der Waals surface area contributed by atoms with Gasteiger partial charge in [0.1, 0.15) is 0 Å². The molecule has 0 saturated heterocycles. The number of rotatable bonds is 0. The Kier molecular flexibility index (Phi) is 65.3. The van der Waals surface area contributed by atoms with Gasteiger partial charge in [-0.3, -0.25) is 0 Å². The van der Waals surface area contributed by atoms with Crippen molar-refractivity contribution in [1.82, 2.24) is 0 Å². The molecule has 0 N–H and O–H groups in total. The molecule has 0 aliphatic rings. The van der Waals surface area contributed by atoms with Crippen LogP contribution in [0.25, 0.3) is 5.32 Å². The molecule has 0 aromatic heterocycles. The van der Waals surface area contributed by atoms with Gasteiger partial charge < -0.3 is 5.32 Å². The maximum absolute atomic E-state index is 3.50. The van der Waals surface area contributed by atoms with Crippen molar-refractivity contribution < 1.29 is 20.4 Å². The smallest absolute Gasteiger partial charge is 0 e. The summed E-state index contributed by atoms with van der Waals surface area (Å²) in [7, 11) is 3.50. The largest absolute Gasteiger partial charge is 0.668 e. The molecule has 0 rings (SSSR count). The molecule has 0 fully saturated rings. The van der Waals surface area contributed by atoms with E-state index in [2.05, 4.69) is 5.32 Å². The van der Waals surface area contributed by atoms with E-state index in [4.69, 9.17) is 0 Å². The van der Waals surface area contributed by atoms with Crippen LogP contribution in [-0.2, 0) is 20.4 Å². The average Bonchev–Trinajstić information content (AvgIpc) is 0.918. The number of hydrogen-bond acceptors (Lipinski definition) is 0. The third kappa shape index (κ3) is 42.5. The molecule has 0 bridgehead atoms. The van der Waals surface area contributed by atoms with Crippen molar-refractivity contribution in [1.29, 1.82) is 0 Å². The number of hydrogen-bond donors (Lipinski definition) is 0. The van der Waals surface area contributed by atoms with Crippen LogP contribution in [0.1, 0.15) is 0 Å². The molecule has 38 valence electrons. The zero-order chi connectivity index (χ0) is 2.71. The molecule has 5 heavy (non-hydrogen) atoms. The van der Waals surface area contributed by atoms with E-state index in [0.29, 0.717) is 0 Å². The summed E-state index contributed by atoms with van der Waals surface area (Å²) in [6.45, 7) is 0. The molecule has 0 aliphatic heterocycles. The average molecular weight is 184 g/mol. The van der Waals surface area contributed by atoms with Gasteiger partial charge in [-0.2, -0.15) is 24.0 Å². The molecule has 0 aromatic carbocycles. The normalized spacial score (nSPS) is 3.60. The monoisotopic (exact) mass is 184 g/mol. The first-order valence-corrected chi connectivity index (χ1v) is 0.894. The molecular formula is C2H9NPPd-. The first-order valence-electron chi connectivity index (χ1n) is 0.894. The van der Waals surface area contributed by atoms with E-state index < -0.39 is 0 Å². The molecule has 0 aromatic rings. The van der Waals surface area contributed by atoms with E-state index in [0.717, 1.165) is 0 Å². The van der Waals surface area contributed by atoms with Crippen LogP contribution in [0, 0.1) is 0 Å². The Balaban J connectivity index is -0.0000000200. The quantitative estimate of drug-likeness (QED) is 0.388. The third-order valence-corrected chi connectivity index (χ3v) is 0. The first kappa shape index (κ1) is 16.6. The van der Waals surface area contributed by atoms with E-state index in [9.17, 15) is 0 Å². The fourth-order valence-electron chi connectivity index (χ4n) is 0. The molecule has 0 heterocycles. The molecule has 0 aliphatic carbocycles. The third-order valence-electron chi connectivity index (χ3n) is 0. The molecule has 0 radical (unpaired) electrons. The molecule has 1 unspecified atom stereocenters. The minimum atomic E-state index is 0. The van der Waals surface area contributed by atoms with Crippen LogP contribution in [0.2, 0.25) is 0 Å². The van der Waals surface area contributed by atoms with E-state index >= 15 is 0 Å². The van der Waals surface area contributed by atoms with Gasteiger partial charge in [-0.25, -0.2) is 0 Å². The van der Waals surface area contributed by atoms with Gasteiger partial charge in [0, 0.05) is 20.4 Å². The fraction of sp³-hybridized carbons (Fsp3) is 1.00. The summed E-state index contributed by atoms with van der Waals surface area (Å²) in [4.78, 5) is 0. The summed E-state index contributed by atoms with van der Waals surface area (Å²) >= 11 is 0. The van der Waals surface area contributed by atoms with Crippen molar-refractivity contribution in [2.75, 3.05) is 14.1 Å². The Labute approximate surface area is 50.2 Å². The van der Waals surface area contributed by atoms with Gasteiger partial charge in [-0.05, 0) is 0 Å². The van der Waals surface area contributed by atoms with Crippen LogP contribution in [0.15, 0.2) is 0 Å². The SMILES string of the molecule is C[N-]C.P.[Pd]. The van der Waals surface area contributed by atoms with Gasteiger partial charge in [0.25, 0.3) is 0 Å². The van der Waals surface area contributed by atoms with Crippen molar-refractivity contribution in [3.63, 3.8) is 0 Å². The van der Waals surface area contributed by atoms with Crippen LogP contribution in [-0.4, -0.2) is 14.1 Å². The van der Waals surface area contributed by atoms with Crippen LogP contribution in [0.5, 0.6) is 0 Å². The maximum Gasteiger partial charge on any atom is 0 e. The van der Waals surface area contributed by atoms with Crippen molar-refractivity contribution in [2.24, 2.45) is 0 Å². The molecule has 0 saturated carbocycles. The second-order valence-corrected chi connectivity index (χ2v) is 0.447. The Bertz CT molecular complexity index is 9.61. The van der Waals surface area contributed by atoms with Gasteiger partial charge in [0.2, 0.25) is 0 Å². The molecule has 3 heteroatoms. The van der Waals surface area contributed by atoms with E-state index in [-0.39, 0.29) is 30.3 Å². The predicted octanol–water partition coefficient (Wildman–Crippen LogP) is 0.675. The summed E-state index contributed by atoms with van der Waals surface area (Å²) in [5.41, 5.74) is 0. The second kappa shape index (κ2) is 19.7. The van der Waals surface area contributed by atoms with Gasteiger partial charge >= 0.3 is 0 Å². The summed E-state index contributed by atoms with van der Waals surface area (Å²) in [6.07, 6.45) is 0. The zero-order valence-corrected chi connectivity index (χ0v) is 6.44. The van der Waals surface area contributed by atoms with Crippen LogP contribution < -0.4 is 0 Å². The van der Waals surface area contributed by atoms with Crippen molar-refractivity contribution in [3.05, 3.63) is 5.32 Å². The van der Waals surface area contributed by atoms with E-state index in [1.807, 2.05) is 0 Å². The Morgan fingerprint density at radius 3 is 1.20 bits per heavy atom. The Morgan fingerprint density at radius 1 is 1.20 bits per heavy atom. The van der Waals surface area contributed by atoms with Crippen molar-refractivity contribution in [2.45, 2.75) is 0 Å². The minimum absolute atomic E-state index is 0. The van der Waals surface area contributed by atoms with Gasteiger partial charge in [0.15, 0.2) is 0 Å². The first-order chi connectivity index (χ1) is 1.41. The summed E-state index contributed by atoms with van der Waals surface area (Å²) in [6, 6.07) is 0. The van der Waals surface area contributed by atoms with E-state index in [1.165, 1.54) is 0 Å². The Hall–Kier alpha value is 1.05. The summed E-state index contributed by atoms with van der Waals surface area (Å²) in [5, 5.41) is 3.50. The predicted molar refractivity (Wildman–Crippen MR) is 26.3 cm³/mol. The Morgan fingerprint density at radius 2 is 1.20 bits per heavy atom. The van der Waals surface area contributed by atoms with Gasteiger partial charge in [-0.15, -0.1) is 0 Å². The zero-order valence-electron chi connectivity index (χ0n) is 3.47. The molecule has 1 nitrogen and oxygen atoms in total. The topological polar surface area (TPSA) is 14.1 Å². The van der Waals surface area contributed by atoms with Gasteiger partial charge in [-0.1, -0.05) is 0 Å². The summed E-state index contributed by atoms with van der Waals surface area (Å²) < 4.78 is 0. The van der Waals surface area contributed by atoms with Crippen molar-refractivity contribution in [3.8, 4) is 0 Å². The van der Waals surface area contributed by atoms with Crippen LogP contribution in [0.3, 0.4) is 0 Å². The fourth-order valence-corrected chi connectivity index (χ4v) is 0. The minimum Gasteiger partial charge on any atom is -0.668 e. The standard InChI is InChI=1S/C2H6N.H3P.Pd/c1-3-2;;/h1-2H3;1H3;/q-1;;. The van der Waals surface area contributed by atoms with E-state index in [1.54, 1.807) is 14.1 Å². The summed E-state index contributed by atoms with van der Waals surface area (Å²) in [5.74, 6) is 0. The molecule has 0 amide bonds. The van der Waals surface area contributed by atoms with Crippen molar-refractivity contribution >= 4 is 9.90 Å². The second-order valence-electron chi connectivity index (χ2n) is 0.447. The molecule has 1 atom stereocenters. The van der Waals surface area contributed by atoms with Crippen LogP contribution in [0.4, 0.5) is 0 Å². The van der Waals surface area contributed by atoms with Crippen LogP contribution >= 0.6 is 9.90 Å². The van der Waals surface area contributed by atoms with Gasteiger partial charge in [0.05, 0.1) is 0 Å². The molecule has 0 spiro atoms. The molecular weight excluding hydrogens is 175 g/mol.